The van der Waals surface area contributed by atoms with Crippen LogP contribution in [0.3, 0.4) is 0 Å². The Hall–Kier alpha value is -2.73. The van der Waals surface area contributed by atoms with Crippen LogP contribution in [0.4, 0.5) is 10.8 Å². The van der Waals surface area contributed by atoms with Crippen molar-refractivity contribution in [1.29, 1.82) is 0 Å². The molecule has 138 valence electrons. The smallest absolute Gasteiger partial charge is 0.231 e. The maximum absolute atomic E-state index is 12.7. The molecule has 0 saturated carbocycles. The first-order valence-electron chi connectivity index (χ1n) is 8.96. The van der Waals surface area contributed by atoms with Gasteiger partial charge in [-0.05, 0) is 61.7 Å². The fraction of sp³-hybridized carbons (Fsp3) is 0.286. The predicted molar refractivity (Wildman–Crippen MR) is 109 cm³/mol. The van der Waals surface area contributed by atoms with Gasteiger partial charge in [0, 0.05) is 18.7 Å². The number of aryl methyl sites for hydroxylation is 3. The second-order valence-electron chi connectivity index (χ2n) is 7.15. The number of hydrogen-bond donors (Lipinski definition) is 1. The standard InChI is InChI=1S/C21H21N3O2S/c1-12-4-7-17-18(8-12)27-21(22-17)23-20(26)15-10-19(25)24(11-15)16-6-5-13(2)14(3)9-16/h4-9,15H,10-11H2,1-3H3,(H,22,23,26)/t15-/m0/s1. The number of rotatable bonds is 3. The van der Waals surface area contributed by atoms with E-state index in [0.717, 1.165) is 27.0 Å². The zero-order valence-corrected chi connectivity index (χ0v) is 16.4. The first kappa shape index (κ1) is 17.7. The van der Waals surface area contributed by atoms with Gasteiger partial charge in [0.15, 0.2) is 5.13 Å². The van der Waals surface area contributed by atoms with Crippen LogP contribution in [0.15, 0.2) is 36.4 Å². The van der Waals surface area contributed by atoms with E-state index in [1.54, 1.807) is 4.90 Å². The number of hydrogen-bond acceptors (Lipinski definition) is 4. The number of benzene rings is 2. The van der Waals surface area contributed by atoms with Crippen LogP contribution in [0.1, 0.15) is 23.1 Å². The van der Waals surface area contributed by atoms with Gasteiger partial charge >= 0.3 is 0 Å². The monoisotopic (exact) mass is 379 g/mol. The van der Waals surface area contributed by atoms with Gasteiger partial charge in [-0.25, -0.2) is 4.98 Å². The summed E-state index contributed by atoms with van der Waals surface area (Å²) in [5, 5.41) is 3.48. The molecular weight excluding hydrogens is 358 g/mol. The lowest BCUT2D eigenvalue weighted by molar-refractivity contribution is -0.122. The highest BCUT2D eigenvalue weighted by atomic mass is 32.1. The van der Waals surface area contributed by atoms with Gasteiger partial charge in [-0.15, -0.1) is 0 Å². The van der Waals surface area contributed by atoms with E-state index in [2.05, 4.69) is 16.4 Å². The summed E-state index contributed by atoms with van der Waals surface area (Å²) >= 11 is 1.46. The van der Waals surface area contributed by atoms with Crippen LogP contribution in [0.2, 0.25) is 0 Å². The number of carbonyl (C=O) groups is 2. The van der Waals surface area contributed by atoms with Gasteiger partial charge in [0.25, 0.3) is 0 Å². The Bertz CT molecular complexity index is 1060. The van der Waals surface area contributed by atoms with Crippen molar-refractivity contribution in [3.8, 4) is 0 Å². The lowest BCUT2D eigenvalue weighted by Crippen LogP contribution is -2.28. The van der Waals surface area contributed by atoms with Crippen molar-refractivity contribution in [2.45, 2.75) is 27.2 Å². The Balaban J connectivity index is 1.49. The summed E-state index contributed by atoms with van der Waals surface area (Å²) in [4.78, 5) is 31.3. The van der Waals surface area contributed by atoms with Crippen molar-refractivity contribution in [3.63, 3.8) is 0 Å². The van der Waals surface area contributed by atoms with Crippen molar-refractivity contribution in [2.75, 3.05) is 16.8 Å². The minimum Gasteiger partial charge on any atom is -0.312 e. The van der Waals surface area contributed by atoms with Gasteiger partial charge in [0.05, 0.1) is 16.1 Å². The molecule has 1 saturated heterocycles. The summed E-state index contributed by atoms with van der Waals surface area (Å²) < 4.78 is 1.05. The molecule has 5 nitrogen and oxygen atoms in total. The molecule has 0 radical (unpaired) electrons. The number of thiazole rings is 1. The summed E-state index contributed by atoms with van der Waals surface area (Å²) in [6.45, 7) is 6.50. The van der Waals surface area contributed by atoms with Crippen LogP contribution in [0.25, 0.3) is 10.2 Å². The lowest BCUT2D eigenvalue weighted by atomic mass is 10.1. The summed E-state index contributed by atoms with van der Waals surface area (Å²) in [5.74, 6) is -0.531. The third-order valence-electron chi connectivity index (χ3n) is 5.07. The molecule has 2 heterocycles. The highest BCUT2D eigenvalue weighted by Gasteiger charge is 2.35. The summed E-state index contributed by atoms with van der Waals surface area (Å²) in [7, 11) is 0. The van der Waals surface area contributed by atoms with Gasteiger partial charge in [-0.3, -0.25) is 9.59 Å². The molecule has 2 amide bonds. The van der Waals surface area contributed by atoms with Crippen LogP contribution in [-0.4, -0.2) is 23.3 Å². The van der Waals surface area contributed by atoms with E-state index in [1.807, 2.05) is 51.1 Å². The molecule has 1 aromatic heterocycles. The van der Waals surface area contributed by atoms with Crippen molar-refractivity contribution in [3.05, 3.63) is 53.1 Å². The number of fused-ring (bicyclic) bond motifs is 1. The molecule has 3 aromatic rings. The zero-order valence-electron chi connectivity index (χ0n) is 15.6. The van der Waals surface area contributed by atoms with E-state index < -0.39 is 0 Å². The average molecular weight is 379 g/mol. The summed E-state index contributed by atoms with van der Waals surface area (Å²) in [6.07, 6.45) is 0.225. The molecular formula is C21H21N3O2S. The third kappa shape index (κ3) is 3.45. The topological polar surface area (TPSA) is 62.3 Å². The minimum absolute atomic E-state index is 0.0154. The molecule has 0 aliphatic carbocycles. The van der Waals surface area contributed by atoms with Crippen LogP contribution < -0.4 is 10.2 Å². The fourth-order valence-electron chi connectivity index (χ4n) is 3.32. The highest BCUT2D eigenvalue weighted by molar-refractivity contribution is 7.22. The number of nitrogens with zero attached hydrogens (tertiary/aromatic N) is 2. The predicted octanol–water partition coefficient (Wildman–Crippen LogP) is 4.21. The number of anilines is 2. The number of aromatic nitrogens is 1. The highest BCUT2D eigenvalue weighted by Crippen LogP contribution is 2.30. The zero-order chi connectivity index (χ0) is 19.1. The normalized spacial score (nSPS) is 16.9. The molecule has 0 unspecified atom stereocenters. The van der Waals surface area contributed by atoms with E-state index in [1.165, 1.54) is 16.9 Å². The second kappa shape index (κ2) is 6.78. The Kier molecular flexibility index (Phi) is 4.44. The Morgan fingerprint density at radius 3 is 2.74 bits per heavy atom. The van der Waals surface area contributed by atoms with Crippen molar-refractivity contribution in [1.82, 2.24) is 4.98 Å². The first-order valence-corrected chi connectivity index (χ1v) is 9.78. The SMILES string of the molecule is Cc1ccc2nc(NC(=O)[C@H]3CC(=O)N(c4ccc(C)c(C)c4)C3)sc2c1. The van der Waals surface area contributed by atoms with Crippen LogP contribution in [0, 0.1) is 26.7 Å². The minimum atomic E-state index is -0.368. The quantitative estimate of drug-likeness (QED) is 0.741. The molecule has 1 aliphatic rings. The molecule has 1 N–H and O–H groups in total. The van der Waals surface area contributed by atoms with E-state index in [4.69, 9.17) is 0 Å². The third-order valence-corrected chi connectivity index (χ3v) is 6.01. The van der Waals surface area contributed by atoms with E-state index in [-0.39, 0.29) is 24.2 Å². The van der Waals surface area contributed by atoms with Crippen LogP contribution in [-0.2, 0) is 9.59 Å². The largest absolute Gasteiger partial charge is 0.312 e. The van der Waals surface area contributed by atoms with Crippen LogP contribution >= 0.6 is 11.3 Å². The molecule has 6 heteroatoms. The molecule has 0 spiro atoms. The average Bonchev–Trinajstić information content (AvgIpc) is 3.20. The molecule has 2 aromatic carbocycles. The van der Waals surface area contributed by atoms with Crippen LogP contribution in [0.5, 0.6) is 0 Å². The van der Waals surface area contributed by atoms with Crippen molar-refractivity contribution < 1.29 is 9.59 Å². The van der Waals surface area contributed by atoms with Crippen molar-refractivity contribution >= 4 is 44.2 Å². The summed E-state index contributed by atoms with van der Waals surface area (Å²) in [5.41, 5.74) is 5.21. The second-order valence-corrected chi connectivity index (χ2v) is 8.18. The molecule has 1 fully saturated rings. The first-order chi connectivity index (χ1) is 12.9. The van der Waals surface area contributed by atoms with Gasteiger partial charge < -0.3 is 10.2 Å². The fourth-order valence-corrected chi connectivity index (χ4v) is 4.29. The van der Waals surface area contributed by atoms with Gasteiger partial charge in [0.2, 0.25) is 11.8 Å². The van der Waals surface area contributed by atoms with Crippen molar-refractivity contribution in [2.24, 2.45) is 5.92 Å². The van der Waals surface area contributed by atoms with E-state index in [9.17, 15) is 9.59 Å². The Morgan fingerprint density at radius 1 is 1.15 bits per heavy atom. The molecule has 1 aliphatic heterocycles. The molecule has 1 atom stereocenters. The van der Waals surface area contributed by atoms with Gasteiger partial charge in [-0.2, -0.15) is 0 Å². The van der Waals surface area contributed by atoms with Gasteiger partial charge in [-0.1, -0.05) is 23.5 Å². The maximum atomic E-state index is 12.7. The Labute approximate surface area is 162 Å². The molecule has 27 heavy (non-hydrogen) atoms. The van der Waals surface area contributed by atoms with E-state index >= 15 is 0 Å². The number of nitrogens with one attached hydrogen (secondary N) is 1. The maximum Gasteiger partial charge on any atom is 0.231 e. The molecule has 4 rings (SSSR count). The Morgan fingerprint density at radius 2 is 1.96 bits per heavy atom. The molecule has 0 bridgehead atoms. The number of carbonyl (C=O) groups excluding carboxylic acids is 2. The number of amides is 2. The van der Waals surface area contributed by atoms with E-state index in [0.29, 0.717) is 11.7 Å². The lowest BCUT2D eigenvalue weighted by Gasteiger charge is -2.17. The summed E-state index contributed by atoms with van der Waals surface area (Å²) in [6, 6.07) is 12.0. The van der Waals surface area contributed by atoms with Gasteiger partial charge in [0.1, 0.15) is 0 Å².